The SMILES string of the molecule is CCCOc1ccc(C(Cc2ccc(Cl)cc2)NN)cc1. The molecule has 21 heavy (non-hydrogen) atoms. The molecule has 0 bridgehead atoms. The van der Waals surface area contributed by atoms with Crippen molar-refractivity contribution >= 4 is 11.6 Å². The maximum absolute atomic E-state index is 5.90. The van der Waals surface area contributed by atoms with Crippen LogP contribution in [-0.2, 0) is 6.42 Å². The molecule has 0 aliphatic carbocycles. The van der Waals surface area contributed by atoms with E-state index >= 15 is 0 Å². The van der Waals surface area contributed by atoms with Crippen LogP contribution in [0.4, 0.5) is 0 Å². The van der Waals surface area contributed by atoms with Gasteiger partial charge in [-0.3, -0.25) is 11.3 Å². The predicted octanol–water partition coefficient (Wildman–Crippen LogP) is 3.88. The molecule has 1 unspecified atom stereocenters. The molecule has 2 aromatic carbocycles. The molecule has 0 aliphatic rings. The Bertz CT molecular complexity index is 540. The fourth-order valence-corrected chi connectivity index (χ4v) is 2.27. The molecule has 0 fully saturated rings. The van der Waals surface area contributed by atoms with Gasteiger partial charge >= 0.3 is 0 Å². The van der Waals surface area contributed by atoms with Crippen molar-refractivity contribution in [2.75, 3.05) is 6.61 Å². The molecule has 0 spiro atoms. The standard InChI is InChI=1S/C17H21ClN2O/c1-2-11-21-16-9-5-14(6-10-16)17(20-19)12-13-3-7-15(18)8-4-13/h3-10,17,20H,2,11-12,19H2,1H3. The first-order chi connectivity index (χ1) is 10.2. The van der Waals surface area contributed by atoms with Crippen molar-refractivity contribution < 1.29 is 4.74 Å². The number of nitrogens with two attached hydrogens (primary N) is 1. The van der Waals surface area contributed by atoms with Crippen LogP contribution in [0.25, 0.3) is 0 Å². The molecule has 4 heteroatoms. The first-order valence-corrected chi connectivity index (χ1v) is 7.54. The summed E-state index contributed by atoms with van der Waals surface area (Å²) in [5.74, 6) is 6.59. The first kappa shape index (κ1) is 15.8. The summed E-state index contributed by atoms with van der Waals surface area (Å²) in [7, 11) is 0. The van der Waals surface area contributed by atoms with Crippen LogP contribution in [-0.4, -0.2) is 6.61 Å². The zero-order valence-electron chi connectivity index (χ0n) is 12.2. The Morgan fingerprint density at radius 3 is 2.33 bits per heavy atom. The number of hydrogen-bond donors (Lipinski definition) is 2. The summed E-state index contributed by atoms with van der Waals surface area (Å²) in [5.41, 5.74) is 5.19. The van der Waals surface area contributed by atoms with E-state index in [1.54, 1.807) is 0 Å². The number of benzene rings is 2. The van der Waals surface area contributed by atoms with Gasteiger partial charge in [-0.2, -0.15) is 0 Å². The fourth-order valence-electron chi connectivity index (χ4n) is 2.15. The van der Waals surface area contributed by atoms with Crippen molar-refractivity contribution in [2.45, 2.75) is 25.8 Å². The maximum Gasteiger partial charge on any atom is 0.119 e. The van der Waals surface area contributed by atoms with E-state index in [9.17, 15) is 0 Å². The van der Waals surface area contributed by atoms with Gasteiger partial charge in [0.1, 0.15) is 5.75 Å². The third-order valence-corrected chi connectivity index (χ3v) is 3.56. The molecule has 0 saturated carbocycles. The van der Waals surface area contributed by atoms with Gasteiger partial charge < -0.3 is 4.74 Å². The third kappa shape index (κ3) is 4.74. The third-order valence-electron chi connectivity index (χ3n) is 3.31. The van der Waals surface area contributed by atoms with E-state index in [1.807, 2.05) is 48.5 Å². The van der Waals surface area contributed by atoms with Crippen LogP contribution in [0.3, 0.4) is 0 Å². The summed E-state index contributed by atoms with van der Waals surface area (Å²) in [6, 6.07) is 16.0. The van der Waals surface area contributed by atoms with E-state index in [4.69, 9.17) is 22.2 Å². The molecule has 112 valence electrons. The van der Waals surface area contributed by atoms with Crippen LogP contribution in [0.5, 0.6) is 5.75 Å². The molecule has 0 saturated heterocycles. The number of hydrogen-bond acceptors (Lipinski definition) is 3. The molecular formula is C17H21ClN2O. The molecule has 1 atom stereocenters. The average Bonchev–Trinajstić information content (AvgIpc) is 2.53. The highest BCUT2D eigenvalue weighted by atomic mass is 35.5. The van der Waals surface area contributed by atoms with Crippen LogP contribution in [0.15, 0.2) is 48.5 Å². The molecule has 0 aliphatic heterocycles. The van der Waals surface area contributed by atoms with E-state index in [0.29, 0.717) is 0 Å². The molecule has 3 N–H and O–H groups in total. The van der Waals surface area contributed by atoms with Gasteiger partial charge in [0, 0.05) is 11.1 Å². The molecule has 0 radical (unpaired) electrons. The number of halogens is 1. The quantitative estimate of drug-likeness (QED) is 0.603. The van der Waals surface area contributed by atoms with Gasteiger partial charge in [-0.1, -0.05) is 42.8 Å². The minimum atomic E-state index is 0.0615. The van der Waals surface area contributed by atoms with Gasteiger partial charge in [0.2, 0.25) is 0 Å². The van der Waals surface area contributed by atoms with Crippen LogP contribution >= 0.6 is 11.6 Å². The molecule has 0 amide bonds. The summed E-state index contributed by atoms with van der Waals surface area (Å²) in [6.45, 7) is 2.83. The van der Waals surface area contributed by atoms with E-state index < -0.39 is 0 Å². The summed E-state index contributed by atoms with van der Waals surface area (Å²) < 4.78 is 5.59. The van der Waals surface area contributed by atoms with Gasteiger partial charge in [-0.05, 0) is 48.2 Å². The summed E-state index contributed by atoms with van der Waals surface area (Å²) in [4.78, 5) is 0. The first-order valence-electron chi connectivity index (χ1n) is 7.16. The Kier molecular flexibility index (Phi) is 6.05. The molecule has 2 aromatic rings. The summed E-state index contributed by atoms with van der Waals surface area (Å²) in [5, 5.41) is 0.744. The van der Waals surface area contributed by atoms with Gasteiger partial charge in [0.25, 0.3) is 0 Å². The van der Waals surface area contributed by atoms with Crippen molar-refractivity contribution in [3.05, 3.63) is 64.7 Å². The molecule has 2 rings (SSSR count). The monoisotopic (exact) mass is 304 g/mol. The highest BCUT2D eigenvalue weighted by Gasteiger charge is 2.10. The summed E-state index contributed by atoms with van der Waals surface area (Å²) >= 11 is 5.90. The van der Waals surface area contributed by atoms with Crippen molar-refractivity contribution in [1.82, 2.24) is 5.43 Å². The normalized spacial score (nSPS) is 12.1. The smallest absolute Gasteiger partial charge is 0.119 e. The number of ether oxygens (including phenoxy) is 1. The topological polar surface area (TPSA) is 47.3 Å². The largest absolute Gasteiger partial charge is 0.494 e. The maximum atomic E-state index is 5.90. The van der Waals surface area contributed by atoms with E-state index in [0.717, 1.165) is 35.8 Å². The Balaban J connectivity index is 2.04. The van der Waals surface area contributed by atoms with Crippen LogP contribution in [0.1, 0.15) is 30.5 Å². The van der Waals surface area contributed by atoms with Crippen molar-refractivity contribution in [3.63, 3.8) is 0 Å². The molecule has 3 nitrogen and oxygen atoms in total. The second kappa shape index (κ2) is 8.03. The van der Waals surface area contributed by atoms with E-state index in [1.165, 1.54) is 5.56 Å². The number of hydrazine groups is 1. The Labute approximate surface area is 131 Å². The average molecular weight is 305 g/mol. The lowest BCUT2D eigenvalue weighted by molar-refractivity contribution is 0.317. The van der Waals surface area contributed by atoms with E-state index in [2.05, 4.69) is 12.3 Å². The zero-order valence-corrected chi connectivity index (χ0v) is 12.9. The molecule has 0 heterocycles. The minimum absolute atomic E-state index is 0.0615. The van der Waals surface area contributed by atoms with Gasteiger partial charge in [0.15, 0.2) is 0 Å². The van der Waals surface area contributed by atoms with Crippen LogP contribution in [0.2, 0.25) is 5.02 Å². The van der Waals surface area contributed by atoms with Crippen LogP contribution in [0, 0.1) is 0 Å². The summed E-state index contributed by atoms with van der Waals surface area (Å²) in [6.07, 6.45) is 1.81. The highest BCUT2D eigenvalue weighted by Crippen LogP contribution is 2.21. The lowest BCUT2D eigenvalue weighted by Gasteiger charge is -2.17. The highest BCUT2D eigenvalue weighted by molar-refractivity contribution is 6.30. The minimum Gasteiger partial charge on any atom is -0.494 e. The Morgan fingerprint density at radius 1 is 1.10 bits per heavy atom. The Morgan fingerprint density at radius 2 is 1.76 bits per heavy atom. The second-order valence-corrected chi connectivity index (χ2v) is 5.40. The van der Waals surface area contributed by atoms with Crippen molar-refractivity contribution in [1.29, 1.82) is 0 Å². The van der Waals surface area contributed by atoms with Crippen LogP contribution < -0.4 is 16.0 Å². The van der Waals surface area contributed by atoms with Crippen molar-refractivity contribution in [2.24, 2.45) is 5.84 Å². The number of nitrogens with one attached hydrogen (secondary N) is 1. The lowest BCUT2D eigenvalue weighted by atomic mass is 9.99. The number of rotatable bonds is 7. The Hall–Kier alpha value is -1.55. The molecular weight excluding hydrogens is 284 g/mol. The second-order valence-electron chi connectivity index (χ2n) is 4.97. The van der Waals surface area contributed by atoms with Gasteiger partial charge in [0.05, 0.1) is 6.61 Å². The van der Waals surface area contributed by atoms with Gasteiger partial charge in [-0.15, -0.1) is 0 Å². The van der Waals surface area contributed by atoms with Crippen molar-refractivity contribution in [3.8, 4) is 5.75 Å². The fraction of sp³-hybridized carbons (Fsp3) is 0.294. The zero-order chi connectivity index (χ0) is 15.1. The molecule has 0 aromatic heterocycles. The lowest BCUT2D eigenvalue weighted by Crippen LogP contribution is -2.29. The predicted molar refractivity (Wildman–Crippen MR) is 87.4 cm³/mol. The van der Waals surface area contributed by atoms with Gasteiger partial charge in [-0.25, -0.2) is 0 Å². The van der Waals surface area contributed by atoms with E-state index in [-0.39, 0.29) is 6.04 Å².